The molecule has 0 saturated carbocycles. The van der Waals surface area contributed by atoms with E-state index in [1.165, 1.54) is 6.42 Å². The van der Waals surface area contributed by atoms with Gasteiger partial charge in [-0.2, -0.15) is 0 Å². The van der Waals surface area contributed by atoms with Gasteiger partial charge >= 0.3 is 6.03 Å². The fourth-order valence-corrected chi connectivity index (χ4v) is 1.97. The SMILES string of the molecule is CCCNC(=O)N1CCN(C(C)CC)CC1. The molecule has 4 heteroatoms. The van der Waals surface area contributed by atoms with Crippen LogP contribution >= 0.6 is 0 Å². The van der Waals surface area contributed by atoms with Gasteiger partial charge in [-0.15, -0.1) is 0 Å². The summed E-state index contributed by atoms with van der Waals surface area (Å²) in [5.74, 6) is 0. The van der Waals surface area contributed by atoms with Gasteiger partial charge in [0.25, 0.3) is 0 Å². The number of amides is 2. The predicted octanol–water partition coefficient (Wildman–Crippen LogP) is 1.52. The molecule has 4 nitrogen and oxygen atoms in total. The number of carbonyl (C=O) groups excluding carboxylic acids is 1. The van der Waals surface area contributed by atoms with E-state index in [2.05, 4.69) is 31.0 Å². The lowest BCUT2D eigenvalue weighted by molar-refractivity contribution is 0.112. The second kappa shape index (κ2) is 6.74. The Morgan fingerprint density at radius 1 is 1.25 bits per heavy atom. The lowest BCUT2D eigenvalue weighted by Gasteiger charge is -2.37. The van der Waals surface area contributed by atoms with Gasteiger partial charge in [0.15, 0.2) is 0 Å². The van der Waals surface area contributed by atoms with Gasteiger partial charge in [-0.1, -0.05) is 13.8 Å². The van der Waals surface area contributed by atoms with Crippen LogP contribution in [0.3, 0.4) is 0 Å². The Hall–Kier alpha value is -0.770. The number of nitrogens with zero attached hydrogens (tertiary/aromatic N) is 2. The van der Waals surface area contributed by atoms with Crippen molar-refractivity contribution in [2.75, 3.05) is 32.7 Å². The maximum absolute atomic E-state index is 11.7. The minimum Gasteiger partial charge on any atom is -0.338 e. The normalized spacial score (nSPS) is 19.6. The van der Waals surface area contributed by atoms with Gasteiger partial charge in [0.05, 0.1) is 0 Å². The van der Waals surface area contributed by atoms with Crippen LogP contribution in [0, 0.1) is 0 Å². The first-order chi connectivity index (χ1) is 7.69. The number of hydrogen-bond acceptors (Lipinski definition) is 2. The van der Waals surface area contributed by atoms with Crippen molar-refractivity contribution in [1.82, 2.24) is 15.1 Å². The van der Waals surface area contributed by atoms with E-state index in [0.29, 0.717) is 6.04 Å². The van der Waals surface area contributed by atoms with Gasteiger partial charge in [-0.3, -0.25) is 4.90 Å². The zero-order valence-electron chi connectivity index (χ0n) is 10.8. The van der Waals surface area contributed by atoms with Crippen molar-refractivity contribution in [2.24, 2.45) is 0 Å². The third-order valence-electron chi connectivity index (χ3n) is 3.34. The first-order valence-electron chi connectivity index (χ1n) is 6.45. The number of piperazine rings is 1. The van der Waals surface area contributed by atoms with E-state index in [4.69, 9.17) is 0 Å². The van der Waals surface area contributed by atoms with Crippen molar-refractivity contribution in [2.45, 2.75) is 39.7 Å². The van der Waals surface area contributed by atoms with Crippen LogP contribution in [-0.4, -0.2) is 54.6 Å². The van der Waals surface area contributed by atoms with E-state index in [0.717, 1.165) is 39.1 Å². The van der Waals surface area contributed by atoms with Crippen LogP contribution in [0.5, 0.6) is 0 Å². The topological polar surface area (TPSA) is 35.6 Å². The Kier molecular flexibility index (Phi) is 5.60. The lowest BCUT2D eigenvalue weighted by Crippen LogP contribution is -2.53. The smallest absolute Gasteiger partial charge is 0.317 e. The molecule has 0 aromatic heterocycles. The summed E-state index contributed by atoms with van der Waals surface area (Å²) in [4.78, 5) is 16.1. The standard InChI is InChI=1S/C12H25N3O/c1-4-6-13-12(16)15-9-7-14(8-10-15)11(3)5-2/h11H,4-10H2,1-3H3,(H,13,16). The summed E-state index contributed by atoms with van der Waals surface area (Å²) in [7, 11) is 0. The molecule has 0 radical (unpaired) electrons. The van der Waals surface area contributed by atoms with Crippen molar-refractivity contribution in [3.8, 4) is 0 Å². The summed E-state index contributed by atoms with van der Waals surface area (Å²) in [6.07, 6.45) is 2.18. The third-order valence-corrected chi connectivity index (χ3v) is 3.34. The molecule has 2 amide bonds. The van der Waals surface area contributed by atoms with Crippen LogP contribution < -0.4 is 5.32 Å². The Labute approximate surface area is 99.0 Å². The molecule has 0 spiro atoms. The zero-order chi connectivity index (χ0) is 12.0. The van der Waals surface area contributed by atoms with Gasteiger partial charge in [-0.25, -0.2) is 4.79 Å². The molecule has 16 heavy (non-hydrogen) atoms. The molecule has 1 N–H and O–H groups in total. The van der Waals surface area contributed by atoms with Crippen molar-refractivity contribution in [3.63, 3.8) is 0 Å². The quantitative estimate of drug-likeness (QED) is 0.790. The number of rotatable bonds is 4. The number of urea groups is 1. The third kappa shape index (κ3) is 3.67. The summed E-state index contributed by atoms with van der Waals surface area (Å²) >= 11 is 0. The molecule has 1 atom stereocenters. The van der Waals surface area contributed by atoms with E-state index in [1.54, 1.807) is 0 Å². The highest BCUT2D eigenvalue weighted by atomic mass is 16.2. The molecular formula is C12H25N3O. The van der Waals surface area contributed by atoms with Gasteiger partial charge in [-0.05, 0) is 19.8 Å². The number of hydrogen-bond donors (Lipinski definition) is 1. The van der Waals surface area contributed by atoms with E-state index in [9.17, 15) is 4.79 Å². The Bertz CT molecular complexity index is 212. The van der Waals surface area contributed by atoms with Crippen LogP contribution in [0.1, 0.15) is 33.6 Å². The Morgan fingerprint density at radius 2 is 1.88 bits per heavy atom. The average Bonchev–Trinajstić information content (AvgIpc) is 2.35. The van der Waals surface area contributed by atoms with Crippen LogP contribution in [0.15, 0.2) is 0 Å². The van der Waals surface area contributed by atoms with Gasteiger partial charge in [0, 0.05) is 38.8 Å². The summed E-state index contributed by atoms with van der Waals surface area (Å²) in [6.45, 7) is 11.1. The average molecular weight is 227 g/mol. The fourth-order valence-electron chi connectivity index (χ4n) is 1.97. The Balaban J connectivity index is 2.28. The summed E-state index contributed by atoms with van der Waals surface area (Å²) in [5, 5.41) is 2.93. The van der Waals surface area contributed by atoms with Crippen molar-refractivity contribution in [3.05, 3.63) is 0 Å². The minimum atomic E-state index is 0.102. The molecule has 0 aromatic carbocycles. The van der Waals surface area contributed by atoms with Crippen LogP contribution in [0.2, 0.25) is 0 Å². The molecule has 1 saturated heterocycles. The zero-order valence-corrected chi connectivity index (χ0v) is 10.8. The molecule has 1 rings (SSSR count). The van der Waals surface area contributed by atoms with E-state index < -0.39 is 0 Å². The van der Waals surface area contributed by atoms with E-state index in [-0.39, 0.29) is 6.03 Å². The Morgan fingerprint density at radius 3 is 2.38 bits per heavy atom. The maximum atomic E-state index is 11.7. The van der Waals surface area contributed by atoms with E-state index >= 15 is 0 Å². The second-order valence-electron chi connectivity index (χ2n) is 4.51. The van der Waals surface area contributed by atoms with Gasteiger partial charge < -0.3 is 10.2 Å². The summed E-state index contributed by atoms with van der Waals surface area (Å²) in [5.41, 5.74) is 0. The molecule has 0 bridgehead atoms. The molecule has 1 fully saturated rings. The highest BCUT2D eigenvalue weighted by molar-refractivity contribution is 5.74. The molecule has 1 aliphatic heterocycles. The van der Waals surface area contributed by atoms with Crippen molar-refractivity contribution < 1.29 is 4.79 Å². The molecule has 1 heterocycles. The predicted molar refractivity (Wildman–Crippen MR) is 66.6 cm³/mol. The number of carbonyl (C=O) groups is 1. The van der Waals surface area contributed by atoms with Crippen LogP contribution in [-0.2, 0) is 0 Å². The van der Waals surface area contributed by atoms with Gasteiger partial charge in [0.2, 0.25) is 0 Å². The number of nitrogens with one attached hydrogen (secondary N) is 1. The molecular weight excluding hydrogens is 202 g/mol. The lowest BCUT2D eigenvalue weighted by atomic mass is 10.2. The molecule has 94 valence electrons. The highest BCUT2D eigenvalue weighted by Crippen LogP contribution is 2.08. The molecule has 1 unspecified atom stereocenters. The van der Waals surface area contributed by atoms with Gasteiger partial charge in [0.1, 0.15) is 0 Å². The molecule has 0 aliphatic carbocycles. The van der Waals surface area contributed by atoms with Crippen molar-refractivity contribution >= 4 is 6.03 Å². The summed E-state index contributed by atoms with van der Waals surface area (Å²) < 4.78 is 0. The second-order valence-corrected chi connectivity index (χ2v) is 4.51. The van der Waals surface area contributed by atoms with E-state index in [1.807, 2.05) is 4.90 Å². The fraction of sp³-hybridized carbons (Fsp3) is 0.917. The first kappa shape index (κ1) is 13.3. The summed E-state index contributed by atoms with van der Waals surface area (Å²) in [6, 6.07) is 0.742. The molecule has 0 aromatic rings. The highest BCUT2D eigenvalue weighted by Gasteiger charge is 2.22. The largest absolute Gasteiger partial charge is 0.338 e. The monoisotopic (exact) mass is 227 g/mol. The first-order valence-corrected chi connectivity index (χ1v) is 6.45. The molecule has 1 aliphatic rings. The maximum Gasteiger partial charge on any atom is 0.317 e. The van der Waals surface area contributed by atoms with Crippen LogP contribution in [0.25, 0.3) is 0 Å². The van der Waals surface area contributed by atoms with Crippen molar-refractivity contribution in [1.29, 1.82) is 0 Å². The minimum absolute atomic E-state index is 0.102. The van der Waals surface area contributed by atoms with Crippen LogP contribution in [0.4, 0.5) is 4.79 Å².